The molecule has 0 aliphatic carbocycles. The molecule has 0 spiro atoms. The van der Waals surface area contributed by atoms with Gasteiger partial charge in [-0.3, -0.25) is 0 Å². The summed E-state index contributed by atoms with van der Waals surface area (Å²) in [5.74, 6) is -0.380. The average Bonchev–Trinajstić information content (AvgIpc) is 2.26. The number of nitrogen functional groups attached to an aromatic ring is 1. The number of carbonyl (C=O) groups is 1. The predicted molar refractivity (Wildman–Crippen MR) is 74.8 cm³/mol. The number of carbonyl (C=O) groups excluding carboxylic acids is 1. The van der Waals surface area contributed by atoms with Crippen LogP contribution >= 0.6 is 0 Å². The van der Waals surface area contributed by atoms with Gasteiger partial charge in [0.05, 0.1) is 23.5 Å². The number of hydrogen-bond acceptors (Lipinski definition) is 4. The Morgan fingerprint density at radius 1 is 1.39 bits per heavy atom. The molecule has 1 aromatic rings. The van der Waals surface area contributed by atoms with Crippen LogP contribution in [0.4, 0.5) is 11.4 Å². The number of nitrogens with two attached hydrogens (primary N) is 1. The first kappa shape index (κ1) is 14.4. The Hall–Kier alpha value is -1.71. The van der Waals surface area contributed by atoms with Crippen molar-refractivity contribution in [1.82, 2.24) is 0 Å². The maximum atomic E-state index is 11.7. The van der Waals surface area contributed by atoms with Crippen molar-refractivity contribution in [2.24, 2.45) is 5.41 Å². The smallest absolute Gasteiger partial charge is 0.340 e. The molecular weight excluding hydrogens is 228 g/mol. The second-order valence-electron chi connectivity index (χ2n) is 5.40. The third-order valence-corrected chi connectivity index (χ3v) is 2.41. The fourth-order valence-corrected chi connectivity index (χ4v) is 1.47. The Kier molecular flexibility index (Phi) is 4.59. The first-order valence-corrected chi connectivity index (χ1v) is 6.14. The van der Waals surface area contributed by atoms with Crippen molar-refractivity contribution in [2.45, 2.75) is 27.7 Å². The van der Waals surface area contributed by atoms with E-state index in [-0.39, 0.29) is 11.4 Å². The third kappa shape index (κ3) is 3.95. The van der Waals surface area contributed by atoms with Gasteiger partial charge in [0, 0.05) is 6.54 Å². The van der Waals surface area contributed by atoms with Gasteiger partial charge in [0.1, 0.15) is 0 Å². The summed E-state index contributed by atoms with van der Waals surface area (Å²) in [5.41, 5.74) is 7.76. The number of benzene rings is 1. The number of esters is 1. The van der Waals surface area contributed by atoms with Gasteiger partial charge >= 0.3 is 5.97 Å². The number of ether oxygens (including phenoxy) is 1. The number of hydrogen-bond donors (Lipinski definition) is 2. The summed E-state index contributed by atoms with van der Waals surface area (Å²) in [6, 6.07) is 5.34. The topological polar surface area (TPSA) is 64.3 Å². The molecule has 0 aliphatic rings. The zero-order valence-corrected chi connectivity index (χ0v) is 11.5. The lowest BCUT2D eigenvalue weighted by atomic mass is 9.97. The predicted octanol–water partition coefficient (Wildman–Crippen LogP) is 2.90. The van der Waals surface area contributed by atoms with E-state index in [4.69, 9.17) is 10.5 Å². The lowest BCUT2D eigenvalue weighted by molar-refractivity contribution is 0.0527. The minimum atomic E-state index is -0.380. The molecule has 1 rings (SSSR count). The molecule has 1 aromatic carbocycles. The Morgan fingerprint density at radius 3 is 2.61 bits per heavy atom. The van der Waals surface area contributed by atoms with Crippen LogP contribution in [0, 0.1) is 5.41 Å². The monoisotopic (exact) mass is 250 g/mol. The maximum absolute atomic E-state index is 11.7. The fraction of sp³-hybridized carbons (Fsp3) is 0.500. The molecular formula is C14H22N2O2. The Bertz CT molecular complexity index is 422. The number of para-hydroxylation sites is 1. The van der Waals surface area contributed by atoms with Crippen molar-refractivity contribution in [3.63, 3.8) is 0 Å². The van der Waals surface area contributed by atoms with E-state index >= 15 is 0 Å². The van der Waals surface area contributed by atoms with Crippen LogP contribution in [0.25, 0.3) is 0 Å². The van der Waals surface area contributed by atoms with Gasteiger partial charge in [0.2, 0.25) is 0 Å². The van der Waals surface area contributed by atoms with E-state index in [9.17, 15) is 4.79 Å². The zero-order chi connectivity index (χ0) is 13.8. The minimum Gasteiger partial charge on any atom is -0.462 e. The summed E-state index contributed by atoms with van der Waals surface area (Å²) in [5, 5.41) is 3.26. The van der Waals surface area contributed by atoms with Gasteiger partial charge in [-0.15, -0.1) is 0 Å². The highest BCUT2D eigenvalue weighted by atomic mass is 16.5. The van der Waals surface area contributed by atoms with E-state index in [2.05, 4.69) is 26.1 Å². The minimum absolute atomic E-state index is 0.145. The van der Waals surface area contributed by atoms with Gasteiger partial charge in [-0.25, -0.2) is 4.79 Å². The van der Waals surface area contributed by atoms with E-state index < -0.39 is 0 Å². The Morgan fingerprint density at radius 2 is 2.06 bits per heavy atom. The molecule has 0 atom stereocenters. The summed E-state index contributed by atoms with van der Waals surface area (Å²) < 4.78 is 4.96. The van der Waals surface area contributed by atoms with E-state index in [0.29, 0.717) is 17.9 Å². The SMILES string of the molecule is CCOC(=O)c1cccc(NCC(C)(C)C)c1N. The van der Waals surface area contributed by atoms with E-state index in [1.807, 2.05) is 6.07 Å². The highest BCUT2D eigenvalue weighted by Crippen LogP contribution is 2.25. The van der Waals surface area contributed by atoms with E-state index in [0.717, 1.165) is 12.2 Å². The highest BCUT2D eigenvalue weighted by molar-refractivity contribution is 5.98. The molecule has 4 nitrogen and oxygen atoms in total. The van der Waals surface area contributed by atoms with Crippen LogP contribution in [-0.4, -0.2) is 19.1 Å². The molecule has 0 radical (unpaired) electrons. The Labute approximate surface area is 109 Å². The molecule has 0 saturated carbocycles. The normalized spacial score (nSPS) is 11.1. The second kappa shape index (κ2) is 5.76. The average molecular weight is 250 g/mol. The molecule has 0 aliphatic heterocycles. The summed E-state index contributed by atoms with van der Waals surface area (Å²) >= 11 is 0. The standard InChI is InChI=1S/C14H22N2O2/c1-5-18-13(17)10-7-6-8-11(12(10)15)16-9-14(2,3)4/h6-8,16H,5,9,15H2,1-4H3. The maximum Gasteiger partial charge on any atom is 0.340 e. The molecule has 0 saturated heterocycles. The molecule has 0 bridgehead atoms. The number of rotatable bonds is 4. The zero-order valence-electron chi connectivity index (χ0n) is 11.5. The summed E-state index contributed by atoms with van der Waals surface area (Å²) in [7, 11) is 0. The second-order valence-corrected chi connectivity index (χ2v) is 5.40. The molecule has 0 fully saturated rings. The molecule has 0 amide bonds. The van der Waals surface area contributed by atoms with Crippen molar-refractivity contribution < 1.29 is 9.53 Å². The molecule has 18 heavy (non-hydrogen) atoms. The van der Waals surface area contributed by atoms with Crippen molar-refractivity contribution in [2.75, 3.05) is 24.2 Å². The van der Waals surface area contributed by atoms with Crippen molar-refractivity contribution in [3.05, 3.63) is 23.8 Å². The van der Waals surface area contributed by atoms with Gasteiger partial charge in [0.15, 0.2) is 0 Å². The van der Waals surface area contributed by atoms with Crippen molar-refractivity contribution in [3.8, 4) is 0 Å². The van der Waals surface area contributed by atoms with Crippen LogP contribution < -0.4 is 11.1 Å². The van der Waals surface area contributed by atoms with Crippen LogP contribution in [0.2, 0.25) is 0 Å². The van der Waals surface area contributed by atoms with Gasteiger partial charge < -0.3 is 15.8 Å². The van der Waals surface area contributed by atoms with Crippen molar-refractivity contribution in [1.29, 1.82) is 0 Å². The molecule has 0 unspecified atom stereocenters. The molecule has 3 N–H and O–H groups in total. The molecule has 100 valence electrons. The van der Waals surface area contributed by atoms with E-state index in [1.165, 1.54) is 0 Å². The van der Waals surface area contributed by atoms with Gasteiger partial charge in [0.25, 0.3) is 0 Å². The summed E-state index contributed by atoms with van der Waals surface area (Å²) in [6.45, 7) is 9.29. The lowest BCUT2D eigenvalue weighted by Crippen LogP contribution is -2.20. The third-order valence-electron chi connectivity index (χ3n) is 2.41. The molecule has 4 heteroatoms. The van der Waals surface area contributed by atoms with Gasteiger partial charge in [-0.2, -0.15) is 0 Å². The highest BCUT2D eigenvalue weighted by Gasteiger charge is 2.15. The first-order chi connectivity index (χ1) is 8.35. The largest absolute Gasteiger partial charge is 0.462 e. The first-order valence-electron chi connectivity index (χ1n) is 6.14. The fourth-order valence-electron chi connectivity index (χ4n) is 1.47. The summed E-state index contributed by atoms with van der Waals surface area (Å²) in [6.07, 6.45) is 0. The van der Waals surface area contributed by atoms with Crippen LogP contribution in [0.1, 0.15) is 38.1 Å². The molecule has 0 heterocycles. The Balaban J connectivity index is 2.88. The van der Waals surface area contributed by atoms with E-state index in [1.54, 1.807) is 19.1 Å². The quantitative estimate of drug-likeness (QED) is 0.637. The molecule has 0 aromatic heterocycles. The van der Waals surface area contributed by atoms with Gasteiger partial charge in [-0.05, 0) is 24.5 Å². The lowest BCUT2D eigenvalue weighted by Gasteiger charge is -2.21. The van der Waals surface area contributed by atoms with Crippen molar-refractivity contribution >= 4 is 17.3 Å². The van der Waals surface area contributed by atoms with Gasteiger partial charge in [-0.1, -0.05) is 26.8 Å². The summed E-state index contributed by atoms with van der Waals surface area (Å²) in [4.78, 5) is 11.7. The number of anilines is 2. The van der Waals surface area contributed by atoms with Crippen LogP contribution in [0.5, 0.6) is 0 Å². The number of nitrogens with one attached hydrogen (secondary N) is 1. The van der Waals surface area contributed by atoms with Crippen LogP contribution in [0.3, 0.4) is 0 Å². The van der Waals surface area contributed by atoms with Crippen LogP contribution in [0.15, 0.2) is 18.2 Å². The van der Waals surface area contributed by atoms with Crippen LogP contribution in [-0.2, 0) is 4.74 Å².